The van der Waals surface area contributed by atoms with Crippen LogP contribution in [0.1, 0.15) is 27.0 Å². The number of carbonyl (C=O) groups excluding carboxylic acids is 1. The van der Waals surface area contributed by atoms with Gasteiger partial charge in [0, 0.05) is 24.0 Å². The van der Waals surface area contributed by atoms with Gasteiger partial charge in [0.1, 0.15) is 0 Å². The highest BCUT2D eigenvalue weighted by Crippen LogP contribution is 2.42. The summed E-state index contributed by atoms with van der Waals surface area (Å²) < 4.78 is 73.6. The van der Waals surface area contributed by atoms with Crippen molar-refractivity contribution in [1.29, 1.82) is 0 Å². The number of primary sulfonamides is 2. The number of carbonyl (C=O) groups is 1. The van der Waals surface area contributed by atoms with Crippen molar-refractivity contribution in [3.8, 4) is 11.1 Å². The van der Waals surface area contributed by atoms with Crippen molar-refractivity contribution < 1.29 is 30.4 Å². The van der Waals surface area contributed by atoms with E-state index in [1.807, 2.05) is 0 Å². The van der Waals surface area contributed by atoms with Gasteiger partial charge in [-0.3, -0.25) is 13.6 Å². The second kappa shape index (κ2) is 6.99. The summed E-state index contributed by atoms with van der Waals surface area (Å²) in [5.41, 5.74) is 0.409. The number of ketones is 1. The Morgan fingerprint density at radius 2 is 1.46 bits per heavy atom. The summed E-state index contributed by atoms with van der Waals surface area (Å²) in [6, 6.07) is 4.97. The van der Waals surface area contributed by atoms with Crippen molar-refractivity contribution in [1.82, 2.24) is 0 Å². The topological polar surface area (TPSA) is 137 Å². The van der Waals surface area contributed by atoms with E-state index in [0.29, 0.717) is 5.56 Å². The Morgan fingerprint density at radius 3 is 2.00 bits per heavy atom. The van der Waals surface area contributed by atoms with Crippen LogP contribution in [0, 0.1) is 0 Å². The fourth-order valence-electron chi connectivity index (χ4n) is 3.49. The molecule has 28 heavy (non-hydrogen) atoms. The molecule has 4 N–H and O–H groups in total. The maximum atomic E-state index is 13.2. The second-order valence-corrected chi connectivity index (χ2v) is 9.33. The second-order valence-electron chi connectivity index (χ2n) is 6.27. The lowest BCUT2D eigenvalue weighted by molar-refractivity contribution is 0.104. The van der Waals surface area contributed by atoms with Crippen LogP contribution in [0.3, 0.4) is 0 Å². The summed E-state index contributed by atoms with van der Waals surface area (Å²) >= 11 is 0. The van der Waals surface area contributed by atoms with Crippen LogP contribution in [0.25, 0.3) is 11.1 Å². The third-order valence-corrected chi connectivity index (χ3v) is 6.52. The lowest BCUT2D eigenvalue weighted by Crippen LogP contribution is -2.20. The molecule has 3 rings (SSSR count). The van der Waals surface area contributed by atoms with Gasteiger partial charge in [0.2, 0.25) is 20.0 Å². The third-order valence-electron chi connectivity index (χ3n) is 4.53. The van der Waals surface area contributed by atoms with Gasteiger partial charge in [0.15, 0.2) is 5.78 Å². The maximum Gasteiger partial charge on any atom is 0.238 e. The van der Waals surface area contributed by atoms with Gasteiger partial charge in [-0.05, 0) is 40.5 Å². The van der Waals surface area contributed by atoms with Crippen LogP contribution >= 0.6 is 0 Å². The molecule has 0 fully saturated rings. The monoisotopic (exact) mass is 430 g/mol. The van der Waals surface area contributed by atoms with Gasteiger partial charge in [-0.1, -0.05) is 6.07 Å². The molecule has 2 aromatic carbocycles. The molecule has 0 heterocycles. The van der Waals surface area contributed by atoms with E-state index in [0.717, 1.165) is 6.07 Å². The highest BCUT2D eigenvalue weighted by molar-refractivity contribution is 7.89. The van der Waals surface area contributed by atoms with Gasteiger partial charge in [0.05, 0.1) is 23.1 Å². The molecule has 0 saturated heterocycles. The molecule has 0 saturated carbocycles. The lowest BCUT2D eigenvalue weighted by atomic mass is 9.94. The van der Waals surface area contributed by atoms with Crippen molar-refractivity contribution in [3.63, 3.8) is 0 Å². The van der Waals surface area contributed by atoms with E-state index in [1.54, 1.807) is 0 Å². The Hall–Kier alpha value is -2.21. The molecular formula is C17H16F2N2O5S2. The van der Waals surface area contributed by atoms with Crippen molar-refractivity contribution >= 4 is 25.8 Å². The van der Waals surface area contributed by atoms with Gasteiger partial charge in [-0.2, -0.15) is 0 Å². The van der Waals surface area contributed by atoms with E-state index < -0.39 is 50.5 Å². The van der Waals surface area contributed by atoms with E-state index in [1.165, 1.54) is 18.2 Å². The first kappa shape index (κ1) is 20.5. The maximum absolute atomic E-state index is 13.2. The molecule has 0 amide bonds. The number of fused-ring (bicyclic) bond motifs is 3. The smallest absolute Gasteiger partial charge is 0.238 e. The molecule has 1 aliphatic carbocycles. The van der Waals surface area contributed by atoms with Gasteiger partial charge < -0.3 is 0 Å². The Balaban J connectivity index is 2.40. The van der Waals surface area contributed by atoms with Crippen LogP contribution in [-0.2, 0) is 32.9 Å². The minimum atomic E-state index is -4.37. The average molecular weight is 430 g/mol. The van der Waals surface area contributed by atoms with Gasteiger partial charge in [-0.15, -0.1) is 0 Å². The first-order valence-corrected chi connectivity index (χ1v) is 11.2. The lowest BCUT2D eigenvalue weighted by Gasteiger charge is -2.16. The molecule has 2 aromatic rings. The summed E-state index contributed by atoms with van der Waals surface area (Å²) in [6.45, 7) is -1.86. The van der Waals surface area contributed by atoms with Crippen molar-refractivity contribution in [2.75, 3.05) is 13.3 Å². The highest BCUT2D eigenvalue weighted by Gasteiger charge is 2.35. The zero-order chi connectivity index (χ0) is 20.9. The van der Waals surface area contributed by atoms with Crippen LogP contribution in [0.2, 0.25) is 0 Å². The summed E-state index contributed by atoms with van der Waals surface area (Å²) in [7, 11) is -8.46. The van der Waals surface area contributed by atoms with Gasteiger partial charge in [-0.25, -0.2) is 27.1 Å². The van der Waals surface area contributed by atoms with Crippen molar-refractivity contribution in [2.45, 2.75) is 22.6 Å². The first-order valence-electron chi connectivity index (χ1n) is 8.06. The zero-order valence-corrected chi connectivity index (χ0v) is 16.0. The molecule has 7 nitrogen and oxygen atoms in total. The molecule has 0 aromatic heterocycles. The number of hydrogen-bond donors (Lipinski definition) is 2. The third kappa shape index (κ3) is 3.34. The van der Waals surface area contributed by atoms with E-state index in [9.17, 15) is 30.4 Å². The SMILES string of the molecule is NS(=O)(=O)c1ccc2c(c1)C(=O)c1c-2cc(CCF)c(S(N)(=O)=O)c1CCF. The minimum absolute atomic E-state index is 0.0144. The quantitative estimate of drug-likeness (QED) is 0.606. The molecule has 0 aliphatic heterocycles. The molecule has 0 bridgehead atoms. The molecule has 11 heteroatoms. The number of rotatable bonds is 6. The van der Waals surface area contributed by atoms with Gasteiger partial charge >= 0.3 is 0 Å². The van der Waals surface area contributed by atoms with Crippen LogP contribution in [-0.4, -0.2) is 36.0 Å². The Kier molecular flexibility index (Phi) is 5.13. The molecular weight excluding hydrogens is 414 g/mol. The van der Waals surface area contributed by atoms with Crippen LogP contribution < -0.4 is 10.3 Å². The molecule has 0 spiro atoms. The predicted octanol–water partition coefficient (Wildman–Crippen LogP) is 1.22. The number of nitrogens with two attached hydrogens (primary N) is 2. The fraction of sp³-hybridized carbons (Fsp3) is 0.235. The molecule has 1 aliphatic rings. The Bertz CT molecular complexity index is 1210. The number of halogens is 2. The summed E-state index contributed by atoms with van der Waals surface area (Å²) in [6.07, 6.45) is -0.715. The minimum Gasteiger partial charge on any atom is -0.289 e. The Labute approximate surface area is 160 Å². The summed E-state index contributed by atoms with van der Waals surface area (Å²) in [5.74, 6) is -0.671. The first-order chi connectivity index (χ1) is 13.0. The van der Waals surface area contributed by atoms with Crippen molar-refractivity contribution in [3.05, 3.63) is 46.5 Å². The fourth-order valence-corrected chi connectivity index (χ4v) is 5.10. The number of sulfonamides is 2. The number of hydrogen-bond acceptors (Lipinski definition) is 5. The van der Waals surface area contributed by atoms with Crippen LogP contribution in [0.15, 0.2) is 34.1 Å². The zero-order valence-electron chi connectivity index (χ0n) is 14.4. The normalized spacial score (nSPS) is 13.5. The van der Waals surface area contributed by atoms with Crippen LogP contribution in [0.4, 0.5) is 8.78 Å². The molecule has 0 atom stereocenters. The van der Waals surface area contributed by atoms with Crippen molar-refractivity contribution in [2.24, 2.45) is 10.3 Å². The van der Waals surface area contributed by atoms with Gasteiger partial charge in [0.25, 0.3) is 0 Å². The largest absolute Gasteiger partial charge is 0.289 e. The van der Waals surface area contributed by atoms with E-state index >= 15 is 0 Å². The van der Waals surface area contributed by atoms with E-state index in [2.05, 4.69) is 0 Å². The molecule has 150 valence electrons. The van der Waals surface area contributed by atoms with E-state index in [-0.39, 0.29) is 39.1 Å². The average Bonchev–Trinajstić information content (AvgIpc) is 2.86. The number of aryl methyl sites for hydroxylation is 1. The number of benzene rings is 2. The summed E-state index contributed by atoms with van der Waals surface area (Å²) in [5, 5.41) is 10.4. The highest BCUT2D eigenvalue weighted by atomic mass is 32.2. The van der Waals surface area contributed by atoms with E-state index in [4.69, 9.17) is 10.3 Å². The predicted molar refractivity (Wildman–Crippen MR) is 97.4 cm³/mol. The Morgan fingerprint density at radius 1 is 0.821 bits per heavy atom. The molecule has 0 radical (unpaired) electrons. The standard InChI is InChI=1S/C17H16F2N2O5S2/c18-5-3-9-7-13-11-2-1-10(27(20,23)24)8-14(11)16(22)15(13)12(4-6-19)17(9)28(21,25)26/h1-2,7-8H,3-6H2,(H2,20,23,24)(H2,21,25,26). The molecule has 0 unspecified atom stereocenters. The van der Waals surface area contributed by atoms with Crippen LogP contribution in [0.5, 0.6) is 0 Å². The number of alkyl halides is 2. The summed E-state index contributed by atoms with van der Waals surface area (Å²) in [4.78, 5) is 12.2.